The van der Waals surface area contributed by atoms with E-state index in [0.29, 0.717) is 6.61 Å². The maximum Gasteiger partial charge on any atom is 0.130 e. The molecule has 3 nitrogen and oxygen atoms in total. The summed E-state index contributed by atoms with van der Waals surface area (Å²) in [7, 11) is 0. The molecule has 0 atom stereocenters. The lowest BCUT2D eigenvalue weighted by Crippen LogP contribution is -2.14. The Labute approximate surface area is 134 Å². The minimum Gasteiger partial charge on any atom is -0.487 e. The Morgan fingerprint density at radius 1 is 1.24 bits per heavy atom. The van der Waals surface area contributed by atoms with E-state index in [1.54, 1.807) is 0 Å². The van der Waals surface area contributed by atoms with Crippen LogP contribution < -0.4 is 10.1 Å². The highest BCUT2D eigenvalue weighted by Crippen LogP contribution is 2.23. The van der Waals surface area contributed by atoms with E-state index in [0.717, 1.165) is 41.0 Å². The van der Waals surface area contributed by atoms with Gasteiger partial charge in [0.1, 0.15) is 12.4 Å². The summed E-state index contributed by atoms with van der Waals surface area (Å²) in [6.45, 7) is 6.59. The van der Waals surface area contributed by atoms with Gasteiger partial charge in [0, 0.05) is 17.2 Å². The van der Waals surface area contributed by atoms with Gasteiger partial charge in [-0.1, -0.05) is 35.0 Å². The molecule has 21 heavy (non-hydrogen) atoms. The lowest BCUT2D eigenvalue weighted by atomic mass is 10.2. The second kappa shape index (κ2) is 8.15. The SMILES string of the molecule is CCCNCc1ccc(COc2cc(Br)ccc2C)nc1. The zero-order valence-corrected chi connectivity index (χ0v) is 14.1. The first kappa shape index (κ1) is 16.0. The van der Waals surface area contributed by atoms with Gasteiger partial charge >= 0.3 is 0 Å². The highest BCUT2D eigenvalue weighted by Gasteiger charge is 2.02. The van der Waals surface area contributed by atoms with Crippen LogP contribution in [0.4, 0.5) is 0 Å². The molecule has 1 N–H and O–H groups in total. The third-order valence-corrected chi connectivity index (χ3v) is 3.66. The van der Waals surface area contributed by atoms with E-state index in [9.17, 15) is 0 Å². The molecule has 0 aliphatic rings. The molecule has 2 aromatic rings. The third-order valence-electron chi connectivity index (χ3n) is 3.17. The molecule has 0 saturated carbocycles. The largest absolute Gasteiger partial charge is 0.487 e. The van der Waals surface area contributed by atoms with Crippen molar-refractivity contribution in [2.45, 2.75) is 33.4 Å². The molecule has 0 saturated heterocycles. The molecule has 0 unspecified atom stereocenters. The smallest absolute Gasteiger partial charge is 0.130 e. The molecule has 0 aliphatic heterocycles. The summed E-state index contributed by atoms with van der Waals surface area (Å²) in [5, 5.41) is 3.37. The maximum absolute atomic E-state index is 5.83. The van der Waals surface area contributed by atoms with E-state index in [4.69, 9.17) is 4.74 Å². The summed E-state index contributed by atoms with van der Waals surface area (Å²) in [6.07, 6.45) is 3.06. The Balaban J connectivity index is 1.90. The van der Waals surface area contributed by atoms with Crippen molar-refractivity contribution in [3.8, 4) is 5.75 Å². The Kier molecular flexibility index (Phi) is 6.21. The fraction of sp³-hybridized carbons (Fsp3) is 0.353. The van der Waals surface area contributed by atoms with Crippen molar-refractivity contribution in [2.24, 2.45) is 0 Å². The molecule has 4 heteroatoms. The summed E-state index contributed by atoms with van der Waals surface area (Å²) in [6, 6.07) is 10.2. The van der Waals surface area contributed by atoms with Gasteiger partial charge in [0.2, 0.25) is 0 Å². The van der Waals surface area contributed by atoms with Crippen LogP contribution in [0, 0.1) is 6.92 Å². The second-order valence-corrected chi connectivity index (χ2v) is 5.95. The van der Waals surface area contributed by atoms with Crippen molar-refractivity contribution in [1.29, 1.82) is 0 Å². The molecular weight excluding hydrogens is 328 g/mol. The van der Waals surface area contributed by atoms with Gasteiger partial charge in [0.05, 0.1) is 5.69 Å². The van der Waals surface area contributed by atoms with Gasteiger partial charge in [0.15, 0.2) is 0 Å². The number of hydrogen-bond acceptors (Lipinski definition) is 3. The lowest BCUT2D eigenvalue weighted by Gasteiger charge is -2.09. The van der Waals surface area contributed by atoms with Gasteiger partial charge in [-0.25, -0.2) is 0 Å². The van der Waals surface area contributed by atoms with Crippen molar-refractivity contribution in [1.82, 2.24) is 10.3 Å². The first-order chi connectivity index (χ1) is 10.2. The minimum atomic E-state index is 0.486. The fourth-order valence-corrected chi connectivity index (χ4v) is 2.28. The number of rotatable bonds is 7. The molecule has 0 amide bonds. The number of hydrogen-bond donors (Lipinski definition) is 1. The van der Waals surface area contributed by atoms with Crippen molar-refractivity contribution in [3.63, 3.8) is 0 Å². The highest BCUT2D eigenvalue weighted by atomic mass is 79.9. The number of nitrogens with one attached hydrogen (secondary N) is 1. The number of benzene rings is 1. The van der Waals surface area contributed by atoms with Crippen LogP contribution in [-0.4, -0.2) is 11.5 Å². The predicted molar refractivity (Wildman–Crippen MR) is 89.4 cm³/mol. The van der Waals surface area contributed by atoms with E-state index in [-0.39, 0.29) is 0 Å². The minimum absolute atomic E-state index is 0.486. The molecule has 0 aliphatic carbocycles. The Morgan fingerprint density at radius 3 is 2.81 bits per heavy atom. The number of aryl methyl sites for hydroxylation is 1. The summed E-state index contributed by atoms with van der Waals surface area (Å²) in [4.78, 5) is 4.45. The molecule has 2 rings (SSSR count). The van der Waals surface area contributed by atoms with Gasteiger partial charge in [-0.15, -0.1) is 0 Å². The molecule has 0 radical (unpaired) electrons. The van der Waals surface area contributed by atoms with Gasteiger partial charge in [0.25, 0.3) is 0 Å². The number of ether oxygens (including phenoxy) is 1. The van der Waals surface area contributed by atoms with Crippen LogP contribution in [0.2, 0.25) is 0 Å². The monoisotopic (exact) mass is 348 g/mol. The van der Waals surface area contributed by atoms with Crippen molar-refractivity contribution < 1.29 is 4.74 Å². The Bertz CT molecular complexity index is 570. The highest BCUT2D eigenvalue weighted by molar-refractivity contribution is 9.10. The topological polar surface area (TPSA) is 34.1 Å². The first-order valence-corrected chi connectivity index (χ1v) is 8.02. The number of pyridine rings is 1. The fourth-order valence-electron chi connectivity index (χ4n) is 1.94. The van der Waals surface area contributed by atoms with Crippen molar-refractivity contribution in [3.05, 3.63) is 57.8 Å². The van der Waals surface area contributed by atoms with E-state index in [1.807, 2.05) is 37.4 Å². The molecule has 1 aromatic carbocycles. The van der Waals surface area contributed by atoms with Gasteiger partial charge in [-0.3, -0.25) is 4.98 Å². The summed E-state index contributed by atoms with van der Waals surface area (Å²) >= 11 is 3.46. The molecule has 0 fully saturated rings. The summed E-state index contributed by atoms with van der Waals surface area (Å²) < 4.78 is 6.86. The zero-order chi connectivity index (χ0) is 15.1. The molecule has 1 aromatic heterocycles. The van der Waals surface area contributed by atoms with Crippen LogP contribution in [0.15, 0.2) is 41.0 Å². The van der Waals surface area contributed by atoms with E-state index in [1.165, 1.54) is 5.56 Å². The molecule has 0 bridgehead atoms. The average molecular weight is 349 g/mol. The quantitative estimate of drug-likeness (QED) is 0.760. The van der Waals surface area contributed by atoms with Gasteiger partial charge in [-0.2, -0.15) is 0 Å². The standard InChI is InChI=1S/C17H21BrN2O/c1-3-8-19-10-14-5-7-16(20-11-14)12-21-17-9-15(18)6-4-13(17)2/h4-7,9,11,19H,3,8,10,12H2,1-2H3. The third kappa shape index (κ3) is 5.14. The van der Waals surface area contributed by atoms with Crippen LogP contribution in [0.1, 0.15) is 30.2 Å². The van der Waals surface area contributed by atoms with Crippen LogP contribution in [0.5, 0.6) is 5.75 Å². The molecule has 112 valence electrons. The number of nitrogens with zero attached hydrogens (tertiary/aromatic N) is 1. The lowest BCUT2D eigenvalue weighted by molar-refractivity contribution is 0.299. The Morgan fingerprint density at radius 2 is 2.10 bits per heavy atom. The molecular formula is C17H21BrN2O. The van der Waals surface area contributed by atoms with Crippen LogP contribution >= 0.6 is 15.9 Å². The normalized spacial score (nSPS) is 10.6. The Hall–Kier alpha value is -1.39. The van der Waals surface area contributed by atoms with Crippen LogP contribution in [0.3, 0.4) is 0 Å². The van der Waals surface area contributed by atoms with Gasteiger partial charge in [-0.05, 0) is 49.2 Å². The van der Waals surface area contributed by atoms with Crippen LogP contribution in [-0.2, 0) is 13.2 Å². The number of aromatic nitrogens is 1. The van der Waals surface area contributed by atoms with E-state index >= 15 is 0 Å². The second-order valence-electron chi connectivity index (χ2n) is 5.03. The summed E-state index contributed by atoms with van der Waals surface area (Å²) in [5.41, 5.74) is 3.26. The molecule has 1 heterocycles. The zero-order valence-electron chi connectivity index (χ0n) is 12.5. The van der Waals surface area contributed by atoms with E-state index < -0.39 is 0 Å². The van der Waals surface area contributed by atoms with Crippen LogP contribution in [0.25, 0.3) is 0 Å². The average Bonchev–Trinajstić information content (AvgIpc) is 2.50. The van der Waals surface area contributed by atoms with Gasteiger partial charge < -0.3 is 10.1 Å². The first-order valence-electron chi connectivity index (χ1n) is 7.22. The van der Waals surface area contributed by atoms with Crippen molar-refractivity contribution >= 4 is 15.9 Å². The van der Waals surface area contributed by atoms with Crippen molar-refractivity contribution in [2.75, 3.05) is 6.54 Å². The predicted octanol–water partition coefficient (Wildman–Crippen LogP) is 4.23. The number of halogens is 1. The summed E-state index contributed by atoms with van der Waals surface area (Å²) in [5.74, 6) is 0.889. The molecule has 0 spiro atoms. The maximum atomic E-state index is 5.83. The van der Waals surface area contributed by atoms with E-state index in [2.05, 4.69) is 39.2 Å².